The second kappa shape index (κ2) is 7.24. The normalized spacial score (nSPS) is 22.6. The van der Waals surface area contributed by atoms with E-state index in [1.54, 1.807) is 21.2 Å². The van der Waals surface area contributed by atoms with Crippen molar-refractivity contribution < 1.29 is 14.3 Å². The number of nitrogens with zero attached hydrogens (tertiary/aromatic N) is 3. The Labute approximate surface area is 127 Å². The van der Waals surface area contributed by atoms with Crippen LogP contribution in [0.5, 0.6) is 5.19 Å². The Hall–Kier alpha value is -0.860. The Morgan fingerprint density at radius 2 is 2.05 bits per heavy atom. The number of hydrogen-bond donors (Lipinski definition) is 0. The minimum Gasteiger partial charge on any atom is -0.463 e. The van der Waals surface area contributed by atoms with Gasteiger partial charge in [-0.25, -0.2) is 0 Å². The minimum absolute atomic E-state index is 0.0316. The molecule has 20 heavy (non-hydrogen) atoms. The van der Waals surface area contributed by atoms with Gasteiger partial charge < -0.3 is 14.4 Å². The summed E-state index contributed by atoms with van der Waals surface area (Å²) in [5, 5.41) is 0.850. The number of thioether (sulfide) groups is 1. The highest BCUT2D eigenvalue weighted by Crippen LogP contribution is 2.28. The molecule has 1 aromatic rings. The lowest BCUT2D eigenvalue weighted by Gasteiger charge is -2.29. The smallest absolute Gasteiger partial charge is 0.294 e. The van der Waals surface area contributed by atoms with Gasteiger partial charge in [0.2, 0.25) is 5.16 Å². The monoisotopic (exact) mass is 317 g/mol. The predicted octanol–water partition coefficient (Wildman–Crippen LogP) is 2.65. The number of amides is 1. The summed E-state index contributed by atoms with van der Waals surface area (Å²) >= 11 is 2.18. The fourth-order valence-corrected chi connectivity index (χ4v) is 3.33. The van der Waals surface area contributed by atoms with Gasteiger partial charge in [0.1, 0.15) is 6.10 Å². The largest absolute Gasteiger partial charge is 0.463 e. The van der Waals surface area contributed by atoms with E-state index in [-0.39, 0.29) is 17.4 Å². The molecular weight excluding hydrogens is 298 g/mol. The Bertz CT molecular complexity index is 453. The van der Waals surface area contributed by atoms with Gasteiger partial charge in [-0.2, -0.15) is 9.36 Å². The zero-order chi connectivity index (χ0) is 14.5. The van der Waals surface area contributed by atoms with E-state index in [4.69, 9.17) is 9.47 Å². The Kier molecular flexibility index (Phi) is 5.62. The molecule has 6 nitrogen and oxygen atoms in total. The summed E-state index contributed by atoms with van der Waals surface area (Å²) in [4.78, 5) is 17.3. The second-order valence-electron chi connectivity index (χ2n) is 4.82. The van der Waals surface area contributed by atoms with E-state index >= 15 is 0 Å². The summed E-state index contributed by atoms with van der Waals surface area (Å²) in [5.74, 6) is 0. The fourth-order valence-electron chi connectivity index (χ4n) is 2.05. The molecule has 0 radical (unpaired) electrons. The van der Waals surface area contributed by atoms with Crippen molar-refractivity contribution in [3.05, 3.63) is 0 Å². The van der Waals surface area contributed by atoms with Crippen molar-refractivity contribution in [2.45, 2.75) is 43.0 Å². The second-order valence-corrected chi connectivity index (χ2v) is 6.45. The number of hydrogen-bond acceptors (Lipinski definition) is 7. The Balaban J connectivity index is 1.93. The highest BCUT2D eigenvalue weighted by Gasteiger charge is 2.27. The van der Waals surface area contributed by atoms with Crippen LogP contribution in [0.25, 0.3) is 0 Å². The third-order valence-electron chi connectivity index (χ3n) is 3.13. The fraction of sp³-hybridized carbons (Fsp3) is 0.750. The Morgan fingerprint density at radius 3 is 2.70 bits per heavy atom. The molecule has 0 bridgehead atoms. The van der Waals surface area contributed by atoms with Crippen LogP contribution in [-0.2, 0) is 4.74 Å². The van der Waals surface area contributed by atoms with Crippen molar-refractivity contribution in [3.8, 4) is 5.19 Å². The van der Waals surface area contributed by atoms with Crippen molar-refractivity contribution in [2.75, 3.05) is 21.2 Å². The number of aromatic nitrogens is 2. The lowest BCUT2D eigenvalue weighted by atomic mass is 9.95. The van der Waals surface area contributed by atoms with E-state index in [1.165, 1.54) is 22.9 Å². The van der Waals surface area contributed by atoms with E-state index in [0.29, 0.717) is 10.4 Å². The molecule has 2 rings (SSSR count). The number of rotatable bonds is 4. The average Bonchev–Trinajstić information content (AvgIpc) is 2.86. The first-order valence-corrected chi connectivity index (χ1v) is 8.11. The third kappa shape index (κ3) is 4.07. The number of carbonyl (C=O) groups excluding carboxylic acids is 1. The summed E-state index contributed by atoms with van der Waals surface area (Å²) in [7, 11) is 5.11. The van der Waals surface area contributed by atoms with Crippen LogP contribution in [0.4, 0.5) is 4.79 Å². The minimum atomic E-state index is -0.0956. The van der Waals surface area contributed by atoms with Gasteiger partial charge in [-0.3, -0.25) is 4.79 Å². The van der Waals surface area contributed by atoms with E-state index < -0.39 is 0 Å². The molecule has 0 aromatic carbocycles. The van der Waals surface area contributed by atoms with Crippen LogP contribution in [0.2, 0.25) is 0 Å². The zero-order valence-corrected chi connectivity index (χ0v) is 13.5. The number of ether oxygens (including phenoxy) is 2. The molecule has 2 atom stereocenters. The maximum Gasteiger partial charge on any atom is 0.294 e. The topological polar surface area (TPSA) is 64.6 Å². The van der Waals surface area contributed by atoms with Gasteiger partial charge in [0.05, 0.1) is 6.10 Å². The van der Waals surface area contributed by atoms with Gasteiger partial charge in [-0.05, 0) is 19.3 Å². The quantitative estimate of drug-likeness (QED) is 0.796. The van der Waals surface area contributed by atoms with Crippen molar-refractivity contribution in [2.24, 2.45) is 0 Å². The standard InChI is InChI=1S/C12H19N3O3S2/c1-15(2)12(16)19-10-13-11(20-14-10)18-9-7-5-4-6-8(9)17-3/h8-9H,4-7H2,1-3H3/t8-,9-/m0/s1. The van der Waals surface area contributed by atoms with E-state index in [0.717, 1.165) is 31.0 Å². The van der Waals surface area contributed by atoms with E-state index in [2.05, 4.69) is 9.36 Å². The van der Waals surface area contributed by atoms with Crippen molar-refractivity contribution in [1.29, 1.82) is 0 Å². The molecule has 1 aliphatic carbocycles. The van der Waals surface area contributed by atoms with Crippen LogP contribution in [-0.4, -0.2) is 52.9 Å². The van der Waals surface area contributed by atoms with Crippen molar-refractivity contribution >= 4 is 28.5 Å². The van der Waals surface area contributed by atoms with Crippen LogP contribution >= 0.6 is 23.3 Å². The summed E-state index contributed by atoms with van der Waals surface area (Å²) in [6.45, 7) is 0. The molecule has 1 saturated carbocycles. The molecule has 1 aromatic heterocycles. The molecule has 0 unspecified atom stereocenters. The summed E-state index contributed by atoms with van der Waals surface area (Å²) in [6, 6.07) is 0. The first kappa shape index (κ1) is 15.5. The van der Waals surface area contributed by atoms with E-state index in [9.17, 15) is 4.79 Å². The van der Waals surface area contributed by atoms with Gasteiger partial charge in [0, 0.05) is 44.5 Å². The average molecular weight is 317 g/mol. The maximum absolute atomic E-state index is 11.6. The molecule has 1 aliphatic rings. The number of carbonyl (C=O) groups is 1. The van der Waals surface area contributed by atoms with Crippen LogP contribution in [0.1, 0.15) is 25.7 Å². The summed E-state index contributed by atoms with van der Waals surface area (Å²) < 4.78 is 15.4. The van der Waals surface area contributed by atoms with Gasteiger partial charge in [-0.15, -0.1) is 0 Å². The van der Waals surface area contributed by atoms with Crippen molar-refractivity contribution in [3.63, 3.8) is 0 Å². The molecule has 0 aliphatic heterocycles. The molecule has 0 spiro atoms. The highest BCUT2D eigenvalue weighted by molar-refractivity contribution is 8.13. The molecule has 8 heteroatoms. The molecule has 112 valence electrons. The van der Waals surface area contributed by atoms with Crippen LogP contribution < -0.4 is 4.74 Å². The SMILES string of the molecule is CO[C@H]1CCCC[C@@H]1Oc1nc(SC(=O)N(C)C)ns1. The lowest BCUT2D eigenvalue weighted by Crippen LogP contribution is -2.36. The summed E-state index contributed by atoms with van der Waals surface area (Å²) in [5.41, 5.74) is 0. The van der Waals surface area contributed by atoms with Crippen LogP contribution in [0.3, 0.4) is 0 Å². The van der Waals surface area contributed by atoms with Crippen LogP contribution in [0.15, 0.2) is 5.16 Å². The molecule has 0 N–H and O–H groups in total. The van der Waals surface area contributed by atoms with Crippen LogP contribution in [0, 0.1) is 0 Å². The zero-order valence-electron chi connectivity index (χ0n) is 11.9. The first-order chi connectivity index (χ1) is 9.60. The summed E-state index contributed by atoms with van der Waals surface area (Å²) in [6.07, 6.45) is 4.45. The van der Waals surface area contributed by atoms with Gasteiger partial charge >= 0.3 is 0 Å². The molecule has 0 saturated heterocycles. The van der Waals surface area contributed by atoms with Crippen molar-refractivity contribution in [1.82, 2.24) is 14.3 Å². The third-order valence-corrected chi connectivity index (χ3v) is 4.76. The Morgan fingerprint density at radius 1 is 1.35 bits per heavy atom. The number of methoxy groups -OCH3 is 1. The molecule has 1 heterocycles. The van der Waals surface area contributed by atoms with Gasteiger partial charge in [0.15, 0.2) is 0 Å². The van der Waals surface area contributed by atoms with Gasteiger partial charge in [0.25, 0.3) is 10.4 Å². The van der Waals surface area contributed by atoms with E-state index in [1.807, 2.05) is 0 Å². The first-order valence-electron chi connectivity index (χ1n) is 6.52. The lowest BCUT2D eigenvalue weighted by molar-refractivity contribution is -0.0231. The van der Waals surface area contributed by atoms with Gasteiger partial charge in [-0.1, -0.05) is 6.42 Å². The molecular formula is C12H19N3O3S2. The molecule has 1 amide bonds. The maximum atomic E-state index is 11.6. The highest BCUT2D eigenvalue weighted by atomic mass is 32.2. The predicted molar refractivity (Wildman–Crippen MR) is 78.5 cm³/mol. The molecule has 1 fully saturated rings.